The molecule has 4 atom stereocenters. The number of carbonyl (C=O) groups is 1. The van der Waals surface area contributed by atoms with E-state index in [1.807, 2.05) is 13.8 Å². The second kappa shape index (κ2) is 19.5. The molecule has 218 valence electrons. The average molecular weight is 549 g/mol. The summed E-state index contributed by atoms with van der Waals surface area (Å²) in [7, 11) is 0. The van der Waals surface area contributed by atoms with Crippen molar-refractivity contribution >= 4 is 53.0 Å². The molecular weight excluding hydrogens is 504 g/mol. The van der Waals surface area contributed by atoms with E-state index in [0.717, 1.165) is 11.4 Å². The van der Waals surface area contributed by atoms with Gasteiger partial charge in [0.15, 0.2) is 0 Å². The normalized spacial score (nSPS) is 17.5. The maximum atomic E-state index is 12.9. The van der Waals surface area contributed by atoms with E-state index in [1.54, 1.807) is 27.0 Å². The Morgan fingerprint density at radius 1 is 0.667 bits per heavy atom. The lowest BCUT2D eigenvalue weighted by Crippen LogP contribution is -2.30. The molecular formula is C22H44N16O. The Labute approximate surface area is 229 Å². The summed E-state index contributed by atoms with van der Waals surface area (Å²) in [6, 6.07) is 0. The Bertz CT molecular complexity index is 994. The van der Waals surface area contributed by atoms with Crippen molar-refractivity contribution in [2.75, 3.05) is 0 Å². The highest BCUT2D eigenvalue weighted by Gasteiger charge is 2.24. The molecule has 0 fully saturated rings. The second-order valence-corrected chi connectivity index (χ2v) is 8.96. The standard InChI is InChI=1S/C22H44N16O/c1-13(32-25)6-18(15(3)34-27)8-20(11-30-24)17(5)36-38-37-31-12-21(22(39)7-14(2)33-26)9-19(10-29-23)16(4)35-28/h10-12,18-21,37-38H,6-9,23-28H2,1-5H3/b29-10+,30-11+,31-12+,32-13+,33-14+,34-15+,35-16-,36-17-. The van der Waals surface area contributed by atoms with Crippen LogP contribution in [0.4, 0.5) is 0 Å². The monoisotopic (exact) mass is 548 g/mol. The van der Waals surface area contributed by atoms with Gasteiger partial charge in [-0.3, -0.25) is 4.79 Å². The Balaban J connectivity index is 5.61. The quantitative estimate of drug-likeness (QED) is 0.0462. The van der Waals surface area contributed by atoms with E-state index in [-0.39, 0.29) is 36.4 Å². The van der Waals surface area contributed by atoms with Crippen LogP contribution in [-0.2, 0) is 4.79 Å². The van der Waals surface area contributed by atoms with E-state index >= 15 is 0 Å². The summed E-state index contributed by atoms with van der Waals surface area (Å²) < 4.78 is 0. The fourth-order valence-electron chi connectivity index (χ4n) is 3.54. The van der Waals surface area contributed by atoms with Gasteiger partial charge in [0, 0.05) is 71.4 Å². The molecule has 17 nitrogen and oxygen atoms in total. The molecule has 0 amide bonds. The maximum absolute atomic E-state index is 12.9. The van der Waals surface area contributed by atoms with Crippen molar-refractivity contribution < 1.29 is 4.79 Å². The maximum Gasteiger partial charge on any atom is 0.147 e. The molecule has 39 heavy (non-hydrogen) atoms. The number of rotatable bonds is 18. The number of hydrogen-bond acceptors (Lipinski definition) is 17. The molecule has 0 aromatic heterocycles. The van der Waals surface area contributed by atoms with Crippen LogP contribution in [0.25, 0.3) is 0 Å². The minimum atomic E-state index is -0.648. The van der Waals surface area contributed by atoms with E-state index in [9.17, 15) is 4.79 Å². The summed E-state index contributed by atoms with van der Waals surface area (Å²) in [5.41, 5.74) is 8.41. The summed E-state index contributed by atoms with van der Waals surface area (Å²) in [4.78, 5) is 12.9. The zero-order valence-corrected chi connectivity index (χ0v) is 23.3. The summed E-state index contributed by atoms with van der Waals surface area (Å²) in [6.07, 6.45) is 5.93. The molecule has 14 N–H and O–H groups in total. The van der Waals surface area contributed by atoms with E-state index in [0.29, 0.717) is 30.0 Å². The van der Waals surface area contributed by atoms with Gasteiger partial charge in [-0.05, 0) is 53.9 Å². The average Bonchev–Trinajstić information content (AvgIpc) is 2.93. The summed E-state index contributed by atoms with van der Waals surface area (Å²) >= 11 is 0. The molecule has 0 aliphatic carbocycles. The van der Waals surface area contributed by atoms with Gasteiger partial charge >= 0.3 is 0 Å². The van der Waals surface area contributed by atoms with Crippen molar-refractivity contribution in [1.29, 1.82) is 0 Å². The van der Waals surface area contributed by atoms with Crippen molar-refractivity contribution in [3.05, 3.63) is 0 Å². The number of Topliss-reactive ketones (excluding diaryl/α,β-unsaturated/α-hetero) is 1. The molecule has 0 aromatic rings. The minimum absolute atomic E-state index is 0.0459. The predicted octanol–water partition coefficient (Wildman–Crippen LogP) is -0.736. The van der Waals surface area contributed by atoms with Crippen LogP contribution in [0.1, 0.15) is 60.3 Å². The second-order valence-electron chi connectivity index (χ2n) is 8.96. The Kier molecular flexibility index (Phi) is 17.2. The third kappa shape index (κ3) is 13.5. The Morgan fingerprint density at radius 2 is 1.23 bits per heavy atom. The molecule has 17 heteroatoms. The molecule has 0 bridgehead atoms. The number of hydrazine groups is 1. The number of ketones is 1. The smallest absolute Gasteiger partial charge is 0.147 e. The molecule has 4 unspecified atom stereocenters. The molecule has 0 radical (unpaired) electrons. The van der Waals surface area contributed by atoms with Crippen molar-refractivity contribution in [2.24, 2.45) is 99.5 Å². The molecule has 0 heterocycles. The zero-order valence-electron chi connectivity index (χ0n) is 23.3. The zero-order chi connectivity index (χ0) is 29.8. The van der Waals surface area contributed by atoms with Gasteiger partial charge < -0.3 is 35.1 Å². The SMILES string of the molecule is C/C(=N/N)C(/C=N/N)CC(/C=N/NN/N=C(/C)C(/C=N/N)CC(C/C(C)=N/N)/C(C)=N/N)C(=O)C/C(C)=N/N. The summed E-state index contributed by atoms with van der Waals surface area (Å²) in [5, 5.41) is 30.4. The highest BCUT2D eigenvalue weighted by Crippen LogP contribution is 2.19. The molecule has 0 aromatic carbocycles. The Hall–Kier alpha value is -4.57. The number of nitrogens with two attached hydrogens (primary N) is 6. The molecule has 0 saturated carbocycles. The predicted molar refractivity (Wildman–Crippen MR) is 160 cm³/mol. The van der Waals surface area contributed by atoms with E-state index in [4.69, 9.17) is 35.1 Å². The third-order valence-corrected chi connectivity index (χ3v) is 6.08. The number of nitrogens with one attached hydrogen (secondary N) is 2. The summed E-state index contributed by atoms with van der Waals surface area (Å²) in [5.74, 6) is 30.9. The van der Waals surface area contributed by atoms with Gasteiger partial charge in [-0.25, -0.2) is 11.1 Å². The lowest BCUT2D eigenvalue weighted by atomic mass is 9.86. The Morgan fingerprint density at radius 3 is 1.74 bits per heavy atom. The first-order valence-corrected chi connectivity index (χ1v) is 12.1. The molecule has 0 saturated heterocycles. The lowest BCUT2D eigenvalue weighted by molar-refractivity contribution is -0.119. The van der Waals surface area contributed by atoms with Gasteiger partial charge in [-0.1, -0.05) is 0 Å². The first-order valence-electron chi connectivity index (χ1n) is 12.1. The fourth-order valence-corrected chi connectivity index (χ4v) is 3.54. The highest BCUT2D eigenvalue weighted by atomic mass is 16.1. The van der Waals surface area contributed by atoms with Crippen LogP contribution >= 0.6 is 0 Å². The largest absolute Gasteiger partial charge is 0.324 e. The van der Waals surface area contributed by atoms with Gasteiger partial charge in [-0.15, -0.1) is 0 Å². The van der Waals surface area contributed by atoms with Gasteiger partial charge in [0.05, 0.1) is 5.92 Å². The summed E-state index contributed by atoms with van der Waals surface area (Å²) in [6.45, 7) is 8.82. The van der Waals surface area contributed by atoms with Crippen LogP contribution < -0.4 is 46.1 Å². The molecule has 0 aliphatic heterocycles. The van der Waals surface area contributed by atoms with Gasteiger partial charge in [0.1, 0.15) is 5.78 Å². The van der Waals surface area contributed by atoms with Crippen molar-refractivity contribution in [3.8, 4) is 0 Å². The number of carbonyl (C=O) groups excluding carboxylic acids is 1. The van der Waals surface area contributed by atoms with Crippen LogP contribution in [0.5, 0.6) is 0 Å². The number of hydrazone groups is 8. The van der Waals surface area contributed by atoms with Crippen LogP contribution in [0.15, 0.2) is 40.8 Å². The number of nitrogens with zero attached hydrogens (tertiary/aromatic N) is 8. The first-order chi connectivity index (χ1) is 18.6. The van der Waals surface area contributed by atoms with Crippen LogP contribution in [-0.4, -0.2) is 53.0 Å². The molecule has 0 rings (SSSR count). The highest BCUT2D eigenvalue weighted by molar-refractivity contribution is 6.07. The van der Waals surface area contributed by atoms with Gasteiger partial charge in [0.25, 0.3) is 0 Å². The van der Waals surface area contributed by atoms with Crippen LogP contribution in [0, 0.1) is 23.7 Å². The van der Waals surface area contributed by atoms with E-state index < -0.39 is 5.92 Å². The number of hydrogen-bond donors (Lipinski definition) is 8. The first kappa shape index (κ1) is 34.4. The van der Waals surface area contributed by atoms with Gasteiger partial charge in [0.2, 0.25) is 0 Å². The lowest BCUT2D eigenvalue weighted by Gasteiger charge is -2.20. The van der Waals surface area contributed by atoms with E-state index in [2.05, 4.69) is 51.9 Å². The minimum Gasteiger partial charge on any atom is -0.324 e. The van der Waals surface area contributed by atoms with Gasteiger partial charge in [-0.2, -0.15) is 40.8 Å². The topological polar surface area (TPSA) is 296 Å². The van der Waals surface area contributed by atoms with Crippen molar-refractivity contribution in [2.45, 2.75) is 60.3 Å². The molecule has 0 spiro atoms. The van der Waals surface area contributed by atoms with Crippen LogP contribution in [0.2, 0.25) is 0 Å². The van der Waals surface area contributed by atoms with E-state index in [1.165, 1.54) is 12.4 Å². The molecule has 0 aliphatic rings. The van der Waals surface area contributed by atoms with Crippen molar-refractivity contribution in [3.63, 3.8) is 0 Å². The van der Waals surface area contributed by atoms with Crippen LogP contribution in [0.3, 0.4) is 0 Å². The van der Waals surface area contributed by atoms with Crippen molar-refractivity contribution in [1.82, 2.24) is 11.1 Å². The third-order valence-electron chi connectivity index (χ3n) is 6.08. The fraction of sp³-hybridized carbons (Fsp3) is 0.591.